The fraction of sp³-hybridized carbons (Fsp3) is 0.948. The first-order chi connectivity index (χ1) is 39.4. The van der Waals surface area contributed by atoms with Crippen LogP contribution in [0, 0.1) is 50.2 Å². The molecular weight excluding hydrogens is 1110 g/mol. The molecule has 26 heteroatoms. The van der Waals surface area contributed by atoms with E-state index in [2.05, 4.69) is 40.7 Å². The van der Waals surface area contributed by atoms with Gasteiger partial charge < -0.3 is 124 Å². The molecule has 0 radical (unpaired) electrons. The summed E-state index contributed by atoms with van der Waals surface area (Å²) in [4.78, 5) is 15.4. The average Bonchev–Trinajstić information content (AvgIpc) is 1.08. The molecule has 5 heterocycles. The molecule has 26 nitrogen and oxygen atoms in total. The highest BCUT2D eigenvalue weighted by molar-refractivity contribution is 5.79. The normalized spacial score (nSPS) is 54.9. The Bertz CT molecular complexity index is 2330. The summed E-state index contributed by atoms with van der Waals surface area (Å²) in [5.74, 6) is -0.960. The van der Waals surface area contributed by atoms with Crippen LogP contribution in [0.5, 0.6) is 0 Å². The van der Waals surface area contributed by atoms with Gasteiger partial charge in [0.25, 0.3) is 0 Å². The van der Waals surface area contributed by atoms with Crippen molar-refractivity contribution in [2.24, 2.45) is 50.2 Å². The van der Waals surface area contributed by atoms with Crippen molar-refractivity contribution >= 4 is 5.97 Å². The van der Waals surface area contributed by atoms with Crippen molar-refractivity contribution in [1.82, 2.24) is 0 Å². The van der Waals surface area contributed by atoms with Gasteiger partial charge in [0.2, 0.25) is 6.29 Å². The number of carbonyl (C=O) groups excluding carboxylic acids is 1. The van der Waals surface area contributed by atoms with Gasteiger partial charge in [-0.25, -0.2) is 0 Å². The second kappa shape index (κ2) is 24.1. The number of fused-ring (bicyclic) bond motifs is 7. The van der Waals surface area contributed by atoms with Gasteiger partial charge in [-0.05, 0) is 111 Å². The molecule has 0 bridgehead atoms. The maximum absolute atomic E-state index is 15.4. The van der Waals surface area contributed by atoms with E-state index in [4.69, 9.17) is 47.4 Å². The van der Waals surface area contributed by atoms with Crippen molar-refractivity contribution < 1.29 is 129 Å². The molecular formula is C58H94O26. The number of carbonyl (C=O) groups is 1. The Morgan fingerprint density at radius 3 is 1.77 bits per heavy atom. The molecule has 5 aliphatic carbocycles. The van der Waals surface area contributed by atoms with Crippen molar-refractivity contribution in [3.8, 4) is 0 Å². The van der Waals surface area contributed by atoms with Crippen molar-refractivity contribution in [3.63, 3.8) is 0 Å². The van der Waals surface area contributed by atoms with Crippen LogP contribution in [0.15, 0.2) is 11.6 Å². The molecule has 10 aliphatic rings. The van der Waals surface area contributed by atoms with E-state index in [1.54, 1.807) is 0 Å². The number of aliphatic hydroxyl groups excluding tert-OH is 15. The third kappa shape index (κ3) is 10.8. The van der Waals surface area contributed by atoms with Crippen LogP contribution in [0.1, 0.15) is 113 Å². The zero-order valence-electron chi connectivity index (χ0n) is 49.0. The van der Waals surface area contributed by atoms with Gasteiger partial charge in [-0.1, -0.05) is 53.2 Å². The lowest BCUT2D eigenvalue weighted by Crippen LogP contribution is -2.67. The molecule has 0 spiro atoms. The number of ether oxygens (including phenoxy) is 10. The molecule has 0 aromatic carbocycles. The lowest BCUT2D eigenvalue weighted by atomic mass is 9.33. The number of hydrogen-bond donors (Lipinski definition) is 15. The first-order valence-electron chi connectivity index (χ1n) is 30.2. The third-order valence-electron chi connectivity index (χ3n) is 22.9. The lowest BCUT2D eigenvalue weighted by molar-refractivity contribution is -0.379. The quantitative estimate of drug-likeness (QED) is 0.0499. The van der Waals surface area contributed by atoms with Crippen molar-refractivity contribution in [2.75, 3.05) is 33.0 Å². The molecule has 32 atom stereocenters. The fourth-order valence-electron chi connectivity index (χ4n) is 17.4. The van der Waals surface area contributed by atoms with Crippen molar-refractivity contribution in [1.29, 1.82) is 0 Å². The molecule has 0 amide bonds. The minimum atomic E-state index is -1.90. The smallest absolute Gasteiger partial charge is 0.315 e. The molecule has 0 unspecified atom stereocenters. The van der Waals surface area contributed by atoms with Gasteiger partial charge in [-0.2, -0.15) is 0 Å². The average molecular weight is 1210 g/mol. The SMILES string of the molecule is C[C@@H]1O[C@@H](O[C@H]2[C@H](O[C@H]3CC[C@@]4(C)[C@@H](CC[C@]5(C)[C@@H]4CC=C4[C@@H]6CC(C)(C)CC[C@]6(C(=O)O[C@@H]6O[C@H](CO)[C@@H](O)[C@H](O)[C@H]6O[C@@H]6O[C@H](CO)[C@@H](O)[C@H](O)[C@H]6O)CC[C@]45C)[C@]3(C)CO)OC[C@H](O)[C@@H]2O)[C@H](O)[C@H](O[C@@H]2OC[C@@H](O)[C@H](O)[C@H]2O)[C@H]1O. The predicted molar refractivity (Wildman–Crippen MR) is 283 cm³/mol. The minimum Gasteiger partial charge on any atom is -0.432 e. The van der Waals surface area contributed by atoms with Crippen LogP contribution in [0.25, 0.3) is 0 Å². The molecule has 4 saturated carbocycles. The summed E-state index contributed by atoms with van der Waals surface area (Å²) in [7, 11) is 0. The number of rotatable bonds is 13. The van der Waals surface area contributed by atoms with Crippen LogP contribution in [-0.2, 0) is 52.2 Å². The van der Waals surface area contributed by atoms with Crippen LogP contribution in [0.4, 0.5) is 0 Å². The summed E-state index contributed by atoms with van der Waals surface area (Å²) in [5, 5.41) is 162. The van der Waals surface area contributed by atoms with E-state index in [-0.39, 0.29) is 47.2 Å². The maximum Gasteiger partial charge on any atom is 0.315 e. The lowest BCUT2D eigenvalue weighted by Gasteiger charge is -2.71. The Kier molecular flexibility index (Phi) is 18.7. The van der Waals surface area contributed by atoms with Crippen LogP contribution in [0.3, 0.4) is 0 Å². The van der Waals surface area contributed by atoms with Crippen LogP contribution >= 0.6 is 0 Å². The molecule has 482 valence electrons. The molecule has 15 N–H and O–H groups in total. The van der Waals surface area contributed by atoms with Gasteiger partial charge in [-0.15, -0.1) is 0 Å². The summed E-state index contributed by atoms with van der Waals surface area (Å²) in [6.07, 6.45) is -29.3. The first kappa shape index (κ1) is 65.2. The number of aliphatic hydroxyl groups is 15. The molecule has 5 saturated heterocycles. The summed E-state index contributed by atoms with van der Waals surface area (Å²) in [6.45, 7) is 12.3. The van der Waals surface area contributed by atoms with E-state index in [9.17, 15) is 76.6 Å². The monoisotopic (exact) mass is 1210 g/mol. The first-order valence-corrected chi connectivity index (χ1v) is 30.2. The Labute approximate surface area is 488 Å². The Morgan fingerprint density at radius 2 is 1.12 bits per heavy atom. The van der Waals surface area contributed by atoms with E-state index in [1.807, 2.05) is 6.92 Å². The van der Waals surface area contributed by atoms with E-state index in [0.717, 1.165) is 12.0 Å². The predicted octanol–water partition coefficient (Wildman–Crippen LogP) is -2.93. The Hall–Kier alpha value is -1.75. The summed E-state index contributed by atoms with van der Waals surface area (Å²) in [6, 6.07) is 0. The number of hydrogen-bond acceptors (Lipinski definition) is 26. The maximum atomic E-state index is 15.4. The topological polar surface area (TPSA) is 413 Å². The molecule has 9 fully saturated rings. The molecule has 0 aromatic rings. The van der Waals surface area contributed by atoms with Gasteiger partial charge in [0.1, 0.15) is 97.7 Å². The van der Waals surface area contributed by atoms with Gasteiger partial charge in [-0.3, -0.25) is 4.79 Å². The van der Waals surface area contributed by atoms with E-state index in [0.29, 0.717) is 57.8 Å². The minimum absolute atomic E-state index is 0.0875. The number of allylic oxidation sites excluding steroid dienone is 2. The summed E-state index contributed by atoms with van der Waals surface area (Å²) < 4.78 is 60.0. The molecule has 84 heavy (non-hydrogen) atoms. The number of esters is 1. The van der Waals surface area contributed by atoms with Gasteiger partial charge in [0, 0.05) is 5.41 Å². The Morgan fingerprint density at radius 1 is 0.548 bits per heavy atom. The highest BCUT2D eigenvalue weighted by Gasteiger charge is 2.71. The highest BCUT2D eigenvalue weighted by atomic mass is 16.8. The summed E-state index contributed by atoms with van der Waals surface area (Å²) in [5.41, 5.74) is -2.13. The molecule has 0 aromatic heterocycles. The van der Waals surface area contributed by atoms with E-state index < -0.39 is 189 Å². The standard InChI is InChI=1S/C58H94O26/c1-24-34(64)44(81-47-41(71)35(65)27(62)21-75-47)43(73)49(77-24)82-45-36(66)28(63)22-76-50(45)80-33-11-12-54(4)31(55(33,5)23-61)10-13-57(7)32(54)9-8-25-26-18-53(2,3)14-16-58(26,17-15-56(25,57)6)52(74)84-51-46(40(70)38(68)30(20-60)79-51)83-48-42(72)39(69)37(67)29(19-59)78-48/h8,24,26-51,59-73H,9-23H2,1-7H3/t24-,26-,27+,28-,29+,30+,31+,32+,33-,34-,35-,36-,37+,38+,39-,40-,41+,42+,43+,44+,45+,46+,47-,48-,49-,50-,51-,54-,55-,56+,57+,58-/m0/s1. The second-order valence-electron chi connectivity index (χ2n) is 28.0. The fourth-order valence-corrected chi connectivity index (χ4v) is 17.4. The van der Waals surface area contributed by atoms with Crippen molar-refractivity contribution in [3.05, 3.63) is 11.6 Å². The largest absolute Gasteiger partial charge is 0.432 e. The molecule has 10 rings (SSSR count). The van der Waals surface area contributed by atoms with Crippen molar-refractivity contribution in [2.45, 2.75) is 260 Å². The van der Waals surface area contributed by atoms with E-state index >= 15 is 4.79 Å². The summed E-state index contributed by atoms with van der Waals surface area (Å²) >= 11 is 0. The molecule has 5 aliphatic heterocycles. The Balaban J connectivity index is 0.878. The highest BCUT2D eigenvalue weighted by Crippen LogP contribution is 2.76. The van der Waals surface area contributed by atoms with E-state index in [1.165, 1.54) is 6.92 Å². The van der Waals surface area contributed by atoms with Crippen LogP contribution in [0.2, 0.25) is 0 Å². The van der Waals surface area contributed by atoms with Gasteiger partial charge in [0.15, 0.2) is 31.3 Å². The third-order valence-corrected chi connectivity index (χ3v) is 22.9. The van der Waals surface area contributed by atoms with Gasteiger partial charge in [0.05, 0.1) is 50.7 Å². The van der Waals surface area contributed by atoms with Crippen LogP contribution in [-0.4, -0.2) is 263 Å². The van der Waals surface area contributed by atoms with Gasteiger partial charge >= 0.3 is 5.97 Å². The van der Waals surface area contributed by atoms with Crippen LogP contribution < -0.4 is 0 Å². The zero-order chi connectivity index (χ0) is 61.1. The zero-order valence-corrected chi connectivity index (χ0v) is 49.0. The second-order valence-corrected chi connectivity index (χ2v) is 28.0.